The van der Waals surface area contributed by atoms with Gasteiger partial charge in [0.15, 0.2) is 0 Å². The Morgan fingerprint density at radius 1 is 1.38 bits per heavy atom. The highest BCUT2D eigenvalue weighted by Gasteiger charge is 2.14. The van der Waals surface area contributed by atoms with E-state index >= 15 is 0 Å². The zero-order valence-electron chi connectivity index (χ0n) is 9.72. The van der Waals surface area contributed by atoms with Gasteiger partial charge in [-0.2, -0.15) is 0 Å². The number of carbonyl (C=O) groups excluding carboxylic acids is 1. The Morgan fingerprint density at radius 3 is 2.56 bits per heavy atom. The van der Waals surface area contributed by atoms with Gasteiger partial charge in [-0.25, -0.2) is 4.79 Å². The molecule has 1 N–H and O–H groups in total. The molecule has 0 heterocycles. The van der Waals surface area contributed by atoms with Crippen LogP contribution in [0.1, 0.15) is 37.0 Å². The average Bonchev–Trinajstić information content (AvgIpc) is 2.29. The number of hydrogen-bond acceptors (Lipinski definition) is 3. The summed E-state index contributed by atoms with van der Waals surface area (Å²) in [5.41, 5.74) is 0.464. The van der Waals surface area contributed by atoms with Crippen LogP contribution in [0.3, 0.4) is 0 Å². The molecule has 3 heteroatoms. The Kier molecular flexibility index (Phi) is 4.99. The van der Waals surface area contributed by atoms with E-state index in [4.69, 9.17) is 4.74 Å². The summed E-state index contributed by atoms with van der Waals surface area (Å²) in [6.45, 7) is 4.05. The Morgan fingerprint density at radius 2 is 2.00 bits per heavy atom. The van der Waals surface area contributed by atoms with Gasteiger partial charge in [0.25, 0.3) is 0 Å². The van der Waals surface area contributed by atoms with Crippen molar-refractivity contribution in [2.45, 2.75) is 33.0 Å². The van der Waals surface area contributed by atoms with Crippen molar-refractivity contribution < 1.29 is 14.6 Å². The molecule has 0 aliphatic carbocycles. The number of esters is 1. The first-order chi connectivity index (χ1) is 7.63. The molecule has 1 aromatic carbocycles. The fourth-order valence-electron chi connectivity index (χ4n) is 1.32. The number of aliphatic hydroxyl groups is 1. The molecule has 2 unspecified atom stereocenters. The van der Waals surface area contributed by atoms with Crippen molar-refractivity contribution in [1.29, 1.82) is 0 Å². The van der Waals surface area contributed by atoms with Crippen molar-refractivity contribution in [2.24, 2.45) is 5.92 Å². The molecule has 16 heavy (non-hydrogen) atoms. The third-order valence-corrected chi connectivity index (χ3v) is 2.55. The molecule has 0 bridgehead atoms. The molecule has 0 aliphatic rings. The van der Waals surface area contributed by atoms with Crippen LogP contribution in [-0.4, -0.2) is 17.4 Å². The second kappa shape index (κ2) is 6.28. The van der Waals surface area contributed by atoms with E-state index in [0.717, 1.165) is 6.42 Å². The fourth-order valence-corrected chi connectivity index (χ4v) is 1.32. The molecule has 0 saturated heterocycles. The minimum atomic E-state index is -1.01. The second-order valence-electron chi connectivity index (χ2n) is 3.98. The van der Waals surface area contributed by atoms with Gasteiger partial charge in [-0.05, 0) is 18.1 Å². The van der Waals surface area contributed by atoms with Crippen LogP contribution in [0.5, 0.6) is 0 Å². The van der Waals surface area contributed by atoms with Crippen molar-refractivity contribution in [3.63, 3.8) is 0 Å². The summed E-state index contributed by atoms with van der Waals surface area (Å²) in [4.78, 5) is 11.5. The van der Waals surface area contributed by atoms with Gasteiger partial charge in [-0.1, -0.05) is 38.5 Å². The molecule has 0 radical (unpaired) electrons. The minimum absolute atomic E-state index is 0.346. The first kappa shape index (κ1) is 12.7. The molecule has 88 valence electrons. The summed E-state index contributed by atoms with van der Waals surface area (Å²) < 4.78 is 4.93. The molecular weight excluding hydrogens is 204 g/mol. The van der Waals surface area contributed by atoms with Crippen LogP contribution in [0.2, 0.25) is 0 Å². The summed E-state index contributed by atoms with van der Waals surface area (Å²) in [7, 11) is 0. The molecule has 0 saturated carbocycles. The monoisotopic (exact) mass is 222 g/mol. The SMILES string of the molecule is CCC(C)CC(O)OC(=O)c1ccccc1. The quantitative estimate of drug-likeness (QED) is 0.615. The summed E-state index contributed by atoms with van der Waals surface area (Å²) >= 11 is 0. The first-order valence-corrected chi connectivity index (χ1v) is 5.57. The molecule has 2 atom stereocenters. The van der Waals surface area contributed by atoms with Gasteiger partial charge in [0.1, 0.15) is 0 Å². The summed E-state index contributed by atoms with van der Waals surface area (Å²) in [6, 6.07) is 8.68. The Bertz CT molecular complexity index is 321. The molecule has 0 fully saturated rings. The second-order valence-corrected chi connectivity index (χ2v) is 3.98. The van der Waals surface area contributed by atoms with Gasteiger partial charge >= 0.3 is 5.97 Å². The molecule has 3 nitrogen and oxygen atoms in total. The molecule has 0 spiro atoms. The van der Waals surface area contributed by atoms with E-state index in [2.05, 4.69) is 0 Å². The van der Waals surface area contributed by atoms with Gasteiger partial charge in [-0.3, -0.25) is 0 Å². The molecular formula is C13H18O3. The number of hydrogen-bond donors (Lipinski definition) is 1. The number of rotatable bonds is 5. The van der Waals surface area contributed by atoms with Crippen LogP contribution < -0.4 is 0 Å². The average molecular weight is 222 g/mol. The lowest BCUT2D eigenvalue weighted by atomic mass is 10.1. The highest BCUT2D eigenvalue weighted by Crippen LogP contribution is 2.12. The largest absolute Gasteiger partial charge is 0.432 e. The highest BCUT2D eigenvalue weighted by atomic mass is 16.6. The van der Waals surface area contributed by atoms with Crippen LogP contribution in [0.15, 0.2) is 30.3 Å². The first-order valence-electron chi connectivity index (χ1n) is 5.57. The summed E-state index contributed by atoms with van der Waals surface area (Å²) in [5.74, 6) is -0.130. The maximum atomic E-state index is 11.5. The Labute approximate surface area is 96.1 Å². The van der Waals surface area contributed by atoms with Crippen LogP contribution in [0.25, 0.3) is 0 Å². The zero-order chi connectivity index (χ0) is 12.0. The van der Waals surface area contributed by atoms with Crippen LogP contribution in [0.4, 0.5) is 0 Å². The van der Waals surface area contributed by atoms with Gasteiger partial charge in [-0.15, -0.1) is 0 Å². The smallest absolute Gasteiger partial charge is 0.340 e. The third-order valence-electron chi connectivity index (χ3n) is 2.55. The van der Waals surface area contributed by atoms with E-state index in [0.29, 0.717) is 17.9 Å². The van der Waals surface area contributed by atoms with E-state index in [1.807, 2.05) is 19.9 Å². The molecule has 0 aromatic heterocycles. The normalized spacial score (nSPS) is 14.2. The van der Waals surface area contributed by atoms with Crippen LogP contribution in [-0.2, 0) is 4.74 Å². The fraction of sp³-hybridized carbons (Fsp3) is 0.462. The number of aliphatic hydroxyl groups excluding tert-OH is 1. The van der Waals surface area contributed by atoms with E-state index in [1.165, 1.54) is 0 Å². The standard InChI is InChI=1S/C13H18O3/c1-3-10(2)9-12(14)16-13(15)11-7-5-4-6-8-11/h4-8,10,12,14H,3,9H2,1-2H3. The Balaban J connectivity index is 2.46. The van der Waals surface area contributed by atoms with E-state index in [-0.39, 0.29) is 0 Å². The number of carbonyl (C=O) groups is 1. The number of ether oxygens (including phenoxy) is 1. The van der Waals surface area contributed by atoms with Crippen molar-refractivity contribution >= 4 is 5.97 Å². The topological polar surface area (TPSA) is 46.5 Å². The van der Waals surface area contributed by atoms with Crippen molar-refractivity contribution in [3.8, 4) is 0 Å². The predicted molar refractivity (Wildman–Crippen MR) is 61.9 cm³/mol. The highest BCUT2D eigenvalue weighted by molar-refractivity contribution is 5.89. The third kappa shape index (κ3) is 4.03. The lowest BCUT2D eigenvalue weighted by molar-refractivity contribution is -0.0753. The van der Waals surface area contributed by atoms with Crippen molar-refractivity contribution in [2.75, 3.05) is 0 Å². The van der Waals surface area contributed by atoms with E-state index in [1.54, 1.807) is 24.3 Å². The minimum Gasteiger partial charge on any atom is -0.432 e. The lowest BCUT2D eigenvalue weighted by Crippen LogP contribution is -2.20. The van der Waals surface area contributed by atoms with E-state index < -0.39 is 12.3 Å². The van der Waals surface area contributed by atoms with Crippen LogP contribution in [0, 0.1) is 5.92 Å². The van der Waals surface area contributed by atoms with Crippen molar-refractivity contribution in [1.82, 2.24) is 0 Å². The molecule has 1 aromatic rings. The Hall–Kier alpha value is -1.35. The number of benzene rings is 1. The van der Waals surface area contributed by atoms with Gasteiger partial charge in [0, 0.05) is 6.42 Å². The summed E-state index contributed by atoms with van der Waals surface area (Å²) in [6.07, 6.45) is 0.428. The van der Waals surface area contributed by atoms with Gasteiger partial charge < -0.3 is 9.84 Å². The maximum absolute atomic E-state index is 11.5. The van der Waals surface area contributed by atoms with Gasteiger partial charge in [0.2, 0.25) is 6.29 Å². The molecule has 1 rings (SSSR count). The lowest BCUT2D eigenvalue weighted by Gasteiger charge is -2.15. The molecule has 0 amide bonds. The molecule has 0 aliphatic heterocycles. The summed E-state index contributed by atoms with van der Waals surface area (Å²) in [5, 5.41) is 9.54. The van der Waals surface area contributed by atoms with E-state index in [9.17, 15) is 9.90 Å². The van der Waals surface area contributed by atoms with Gasteiger partial charge in [0.05, 0.1) is 5.56 Å². The van der Waals surface area contributed by atoms with Crippen LogP contribution >= 0.6 is 0 Å². The van der Waals surface area contributed by atoms with Crippen molar-refractivity contribution in [3.05, 3.63) is 35.9 Å². The maximum Gasteiger partial charge on any atom is 0.340 e. The zero-order valence-corrected chi connectivity index (χ0v) is 9.72. The predicted octanol–water partition coefficient (Wildman–Crippen LogP) is 2.60.